The van der Waals surface area contributed by atoms with Crippen LogP contribution < -0.4 is 9.47 Å². The second-order valence-electron chi connectivity index (χ2n) is 7.18. The zero-order chi connectivity index (χ0) is 19.0. The predicted molar refractivity (Wildman–Crippen MR) is 106 cm³/mol. The van der Waals surface area contributed by atoms with E-state index in [1.807, 2.05) is 71.2 Å². The van der Waals surface area contributed by atoms with Crippen LogP contribution in [0.4, 0.5) is 5.69 Å². The van der Waals surface area contributed by atoms with E-state index in [4.69, 9.17) is 0 Å². The Balaban J connectivity index is 1.58. The van der Waals surface area contributed by atoms with Crippen molar-refractivity contribution < 1.29 is 14.2 Å². The third-order valence-corrected chi connectivity index (χ3v) is 5.26. The highest BCUT2D eigenvalue weighted by Gasteiger charge is 2.30. The summed E-state index contributed by atoms with van der Waals surface area (Å²) in [5.74, 6) is 0.207. The van der Waals surface area contributed by atoms with Gasteiger partial charge in [-0.15, -0.1) is 0 Å². The zero-order valence-electron chi connectivity index (χ0n) is 15.7. The number of carbonyl (C=O) groups excluding carboxylic acids is 2. The molecule has 3 aromatic rings. The molecule has 2 heterocycles. The molecule has 4 heteroatoms. The van der Waals surface area contributed by atoms with Gasteiger partial charge in [0.2, 0.25) is 18.2 Å². The monoisotopic (exact) mass is 359 g/mol. The first-order chi connectivity index (χ1) is 13.1. The fourth-order valence-corrected chi connectivity index (χ4v) is 3.89. The van der Waals surface area contributed by atoms with Crippen LogP contribution in [0.5, 0.6) is 0 Å². The van der Waals surface area contributed by atoms with E-state index in [1.165, 1.54) is 0 Å². The molecule has 0 saturated heterocycles. The Morgan fingerprint density at radius 2 is 1.89 bits per heavy atom. The summed E-state index contributed by atoms with van der Waals surface area (Å²) in [7, 11) is 0. The van der Waals surface area contributed by atoms with E-state index in [0.29, 0.717) is 18.5 Å². The van der Waals surface area contributed by atoms with E-state index < -0.39 is 0 Å². The fraction of sp³-hybridized carbons (Fsp3) is 0.261. The second-order valence-corrected chi connectivity index (χ2v) is 7.18. The number of Topliss-reactive ketones (excluding diaryl/α,β-unsaturated/α-hetero) is 1. The summed E-state index contributed by atoms with van der Waals surface area (Å²) in [6.07, 6.45) is 5.23. The molecule has 4 nitrogen and oxygen atoms in total. The lowest BCUT2D eigenvalue weighted by Gasteiger charge is -2.22. The Bertz CT molecular complexity index is 1040. The predicted octanol–water partition coefficient (Wildman–Crippen LogP) is 3.70. The van der Waals surface area contributed by atoms with Gasteiger partial charge in [0, 0.05) is 35.2 Å². The van der Waals surface area contributed by atoms with Gasteiger partial charge in [-0.1, -0.05) is 25.1 Å². The van der Waals surface area contributed by atoms with Gasteiger partial charge in [0.15, 0.2) is 12.4 Å². The molecule has 0 radical (unpaired) electrons. The third kappa shape index (κ3) is 3.23. The van der Waals surface area contributed by atoms with Crippen LogP contribution in [0.2, 0.25) is 0 Å². The molecule has 1 aliphatic rings. The zero-order valence-corrected chi connectivity index (χ0v) is 15.7. The van der Waals surface area contributed by atoms with Gasteiger partial charge in [0.25, 0.3) is 0 Å². The highest BCUT2D eigenvalue weighted by molar-refractivity contribution is 5.99. The van der Waals surface area contributed by atoms with E-state index >= 15 is 0 Å². The number of nitrogens with zero attached hydrogens (tertiary/aromatic N) is 2. The number of pyridine rings is 1. The van der Waals surface area contributed by atoms with Crippen LogP contribution in [0.1, 0.15) is 36.2 Å². The van der Waals surface area contributed by atoms with Crippen molar-refractivity contribution in [2.45, 2.75) is 39.3 Å². The number of anilines is 1. The Labute approximate surface area is 159 Å². The first-order valence-electron chi connectivity index (χ1n) is 9.43. The Kier molecular flexibility index (Phi) is 4.48. The first kappa shape index (κ1) is 17.4. The highest BCUT2D eigenvalue weighted by atomic mass is 16.2. The molecule has 1 aliphatic heterocycles. The minimum absolute atomic E-state index is 0.0750. The molecular formula is C23H23N2O2+. The normalized spacial score (nSPS) is 15.8. The lowest BCUT2D eigenvalue weighted by Crippen LogP contribution is -2.37. The van der Waals surface area contributed by atoms with Gasteiger partial charge < -0.3 is 4.90 Å². The lowest BCUT2D eigenvalue weighted by atomic mass is 10.0. The maximum Gasteiger partial charge on any atom is 0.227 e. The van der Waals surface area contributed by atoms with Gasteiger partial charge in [-0.2, -0.15) is 4.57 Å². The van der Waals surface area contributed by atoms with E-state index in [2.05, 4.69) is 13.0 Å². The molecule has 0 fully saturated rings. The van der Waals surface area contributed by atoms with Crippen LogP contribution >= 0.6 is 0 Å². The molecule has 1 atom stereocenters. The maximum atomic E-state index is 12.8. The van der Waals surface area contributed by atoms with Crippen LogP contribution in [0.3, 0.4) is 0 Å². The quantitative estimate of drug-likeness (QED) is 0.526. The highest BCUT2D eigenvalue weighted by Crippen LogP contribution is 2.33. The number of rotatable bonds is 4. The number of carbonyl (C=O) groups is 2. The molecule has 0 unspecified atom stereocenters. The van der Waals surface area contributed by atoms with Crippen molar-refractivity contribution in [1.82, 2.24) is 0 Å². The number of benzene rings is 2. The smallest absolute Gasteiger partial charge is 0.227 e. The molecule has 0 bridgehead atoms. The van der Waals surface area contributed by atoms with E-state index in [-0.39, 0.29) is 17.7 Å². The molecule has 4 rings (SSSR count). The summed E-state index contributed by atoms with van der Waals surface area (Å²) in [5, 5.41) is 2.28. The van der Waals surface area contributed by atoms with Crippen molar-refractivity contribution in [2.75, 3.05) is 4.90 Å². The number of fused-ring (bicyclic) bond motifs is 2. The standard InChI is InChI=1S/C23H23N2O2/c1-3-23(27)25-16(2)12-20-13-18(8-9-21(20)25)22(26)15-24-11-10-17-6-4-5-7-19(17)14-24/h4-11,13-14,16H,3,12,15H2,1-2H3/q+1/t16-/m1/s1. The van der Waals surface area contributed by atoms with Gasteiger partial charge in [0.05, 0.1) is 0 Å². The summed E-state index contributed by atoms with van der Waals surface area (Å²) in [6.45, 7) is 4.24. The lowest BCUT2D eigenvalue weighted by molar-refractivity contribution is -0.681. The van der Waals surface area contributed by atoms with Gasteiger partial charge in [-0.05, 0) is 48.6 Å². The van der Waals surface area contributed by atoms with Crippen molar-refractivity contribution in [3.05, 3.63) is 72.1 Å². The van der Waals surface area contributed by atoms with Gasteiger partial charge in [-0.25, -0.2) is 0 Å². The molecule has 27 heavy (non-hydrogen) atoms. The molecule has 1 amide bonds. The van der Waals surface area contributed by atoms with Crippen molar-refractivity contribution in [3.63, 3.8) is 0 Å². The van der Waals surface area contributed by atoms with E-state index in [1.54, 1.807) is 0 Å². The molecule has 0 saturated carbocycles. The summed E-state index contributed by atoms with van der Waals surface area (Å²) in [5.41, 5.74) is 2.73. The molecule has 1 aromatic heterocycles. The van der Waals surface area contributed by atoms with Crippen LogP contribution in [-0.2, 0) is 17.8 Å². The molecule has 2 aromatic carbocycles. The maximum absolute atomic E-state index is 12.8. The minimum atomic E-state index is 0.0750. The second kappa shape index (κ2) is 6.95. The average molecular weight is 359 g/mol. The Morgan fingerprint density at radius 1 is 1.11 bits per heavy atom. The Hall–Kier alpha value is -3.01. The van der Waals surface area contributed by atoms with Crippen molar-refractivity contribution >= 4 is 28.2 Å². The van der Waals surface area contributed by atoms with Crippen molar-refractivity contribution in [1.29, 1.82) is 0 Å². The third-order valence-electron chi connectivity index (χ3n) is 5.26. The topological polar surface area (TPSA) is 41.3 Å². The fourth-order valence-electron chi connectivity index (χ4n) is 3.89. The molecule has 136 valence electrons. The summed E-state index contributed by atoms with van der Waals surface area (Å²) >= 11 is 0. The first-order valence-corrected chi connectivity index (χ1v) is 9.43. The van der Waals surface area contributed by atoms with E-state index in [0.717, 1.165) is 28.4 Å². The molecular weight excluding hydrogens is 336 g/mol. The SMILES string of the molecule is CCC(=O)N1c2ccc(C(=O)C[n+]3ccc4ccccc4c3)cc2C[C@H]1C. The van der Waals surface area contributed by atoms with Gasteiger partial charge >= 0.3 is 0 Å². The number of hydrogen-bond acceptors (Lipinski definition) is 2. The number of ketones is 1. The summed E-state index contributed by atoms with van der Waals surface area (Å²) in [6, 6.07) is 16.0. The van der Waals surface area contributed by atoms with Crippen molar-refractivity contribution in [2.24, 2.45) is 0 Å². The molecule has 0 aliphatic carbocycles. The van der Waals surface area contributed by atoms with Gasteiger partial charge in [0.1, 0.15) is 0 Å². The number of hydrogen-bond donors (Lipinski definition) is 0. The Morgan fingerprint density at radius 3 is 2.67 bits per heavy atom. The summed E-state index contributed by atoms with van der Waals surface area (Å²) < 4.78 is 1.92. The molecule has 0 N–H and O–H groups in total. The largest absolute Gasteiger partial charge is 0.309 e. The van der Waals surface area contributed by atoms with Crippen molar-refractivity contribution in [3.8, 4) is 0 Å². The van der Waals surface area contributed by atoms with E-state index in [9.17, 15) is 9.59 Å². The number of amides is 1. The average Bonchev–Trinajstić information content (AvgIpc) is 3.02. The van der Waals surface area contributed by atoms with Gasteiger partial charge in [-0.3, -0.25) is 9.59 Å². The number of aromatic nitrogens is 1. The molecule has 0 spiro atoms. The van der Waals surface area contributed by atoms with Crippen LogP contribution in [0.25, 0.3) is 10.8 Å². The van der Waals surface area contributed by atoms with Crippen LogP contribution in [-0.4, -0.2) is 17.7 Å². The summed E-state index contributed by atoms with van der Waals surface area (Å²) in [4.78, 5) is 26.9. The van der Waals surface area contributed by atoms with Crippen LogP contribution in [0.15, 0.2) is 60.9 Å². The minimum Gasteiger partial charge on any atom is -0.309 e. The van der Waals surface area contributed by atoms with Crippen LogP contribution in [0, 0.1) is 0 Å².